The van der Waals surface area contributed by atoms with Crippen molar-refractivity contribution in [3.63, 3.8) is 0 Å². The van der Waals surface area contributed by atoms with Gasteiger partial charge in [0.15, 0.2) is 0 Å². The maximum atomic E-state index is 12.1. The van der Waals surface area contributed by atoms with Crippen LogP contribution in [0.2, 0.25) is 0 Å². The molecular formula is C19H22N2O. The number of carbonyl (C=O) groups excluding carboxylic acids is 1. The van der Waals surface area contributed by atoms with E-state index in [4.69, 9.17) is 0 Å². The first-order chi connectivity index (χ1) is 10.6. The summed E-state index contributed by atoms with van der Waals surface area (Å²) in [6.07, 6.45) is 2.21. The molecule has 0 bridgehead atoms. The molecule has 2 N–H and O–H groups in total. The fourth-order valence-corrected chi connectivity index (χ4v) is 2.47. The van der Waals surface area contributed by atoms with Gasteiger partial charge in [-0.2, -0.15) is 0 Å². The van der Waals surface area contributed by atoms with Gasteiger partial charge in [-0.25, -0.2) is 0 Å². The van der Waals surface area contributed by atoms with Crippen LogP contribution in [0.25, 0.3) is 0 Å². The van der Waals surface area contributed by atoms with Gasteiger partial charge in [0, 0.05) is 23.8 Å². The number of carbonyl (C=O) groups is 1. The molecule has 1 amide bonds. The summed E-state index contributed by atoms with van der Waals surface area (Å²) < 4.78 is 0. The molecule has 0 aliphatic heterocycles. The summed E-state index contributed by atoms with van der Waals surface area (Å²) in [5.41, 5.74) is 5.39. The van der Waals surface area contributed by atoms with E-state index in [0.29, 0.717) is 6.04 Å². The van der Waals surface area contributed by atoms with Crippen LogP contribution in [-0.2, 0) is 6.54 Å². The van der Waals surface area contributed by atoms with Crippen LogP contribution in [0.3, 0.4) is 0 Å². The van der Waals surface area contributed by atoms with Gasteiger partial charge in [-0.1, -0.05) is 35.9 Å². The maximum absolute atomic E-state index is 12.1. The Bertz CT molecular complexity index is 690. The van der Waals surface area contributed by atoms with Crippen molar-refractivity contribution in [2.45, 2.75) is 39.3 Å². The third-order valence-corrected chi connectivity index (χ3v) is 3.98. The van der Waals surface area contributed by atoms with Crippen molar-refractivity contribution in [2.24, 2.45) is 0 Å². The number of amides is 1. The highest BCUT2D eigenvalue weighted by Gasteiger charge is 2.23. The number of hydrogen-bond acceptors (Lipinski definition) is 2. The van der Waals surface area contributed by atoms with E-state index in [-0.39, 0.29) is 5.91 Å². The third kappa shape index (κ3) is 3.67. The van der Waals surface area contributed by atoms with Gasteiger partial charge < -0.3 is 10.6 Å². The van der Waals surface area contributed by atoms with E-state index in [9.17, 15) is 4.79 Å². The van der Waals surface area contributed by atoms with Crippen LogP contribution in [0.1, 0.15) is 39.9 Å². The lowest BCUT2D eigenvalue weighted by molar-refractivity contribution is 0.0951. The molecule has 0 aromatic heterocycles. The average Bonchev–Trinajstić information content (AvgIpc) is 3.30. The summed E-state index contributed by atoms with van der Waals surface area (Å²) in [6, 6.07) is 14.7. The lowest BCUT2D eigenvalue weighted by atomic mass is 10.1. The number of rotatable bonds is 5. The summed E-state index contributed by atoms with van der Waals surface area (Å²) in [5, 5.41) is 6.47. The van der Waals surface area contributed by atoms with Gasteiger partial charge in [-0.05, 0) is 49.9 Å². The molecule has 114 valence electrons. The Balaban J connectivity index is 1.70. The minimum absolute atomic E-state index is 0.0288. The minimum Gasteiger partial charge on any atom is -0.381 e. The molecule has 3 heteroatoms. The van der Waals surface area contributed by atoms with Crippen LogP contribution in [0.4, 0.5) is 5.69 Å². The van der Waals surface area contributed by atoms with E-state index in [2.05, 4.69) is 48.7 Å². The van der Waals surface area contributed by atoms with Crippen LogP contribution in [0.5, 0.6) is 0 Å². The first kappa shape index (κ1) is 14.6. The summed E-state index contributed by atoms with van der Waals surface area (Å²) in [5.74, 6) is 0.0288. The highest BCUT2D eigenvalue weighted by Crippen LogP contribution is 2.21. The zero-order valence-electron chi connectivity index (χ0n) is 13.1. The Hall–Kier alpha value is -2.29. The molecule has 0 atom stereocenters. The molecule has 1 fully saturated rings. The molecule has 1 saturated carbocycles. The van der Waals surface area contributed by atoms with Gasteiger partial charge in [0.2, 0.25) is 0 Å². The zero-order valence-corrected chi connectivity index (χ0v) is 13.1. The second-order valence-corrected chi connectivity index (χ2v) is 6.12. The summed E-state index contributed by atoms with van der Waals surface area (Å²) in [7, 11) is 0. The monoisotopic (exact) mass is 294 g/mol. The van der Waals surface area contributed by atoms with Crippen molar-refractivity contribution in [3.8, 4) is 0 Å². The van der Waals surface area contributed by atoms with E-state index < -0.39 is 0 Å². The first-order valence-electron chi connectivity index (χ1n) is 7.83. The van der Waals surface area contributed by atoms with Crippen LogP contribution >= 0.6 is 0 Å². The molecule has 1 aliphatic rings. The van der Waals surface area contributed by atoms with Crippen LogP contribution in [-0.4, -0.2) is 11.9 Å². The molecule has 2 aromatic carbocycles. The van der Waals surface area contributed by atoms with Crippen molar-refractivity contribution in [1.82, 2.24) is 5.32 Å². The van der Waals surface area contributed by atoms with Crippen LogP contribution in [0, 0.1) is 13.8 Å². The SMILES string of the molecule is Cc1cccc(CNc2cc(C(=O)NC3CC3)ccc2C)c1. The Kier molecular flexibility index (Phi) is 4.14. The topological polar surface area (TPSA) is 41.1 Å². The highest BCUT2D eigenvalue weighted by atomic mass is 16.1. The largest absolute Gasteiger partial charge is 0.381 e. The van der Waals surface area contributed by atoms with Crippen molar-refractivity contribution in [1.29, 1.82) is 0 Å². The molecule has 22 heavy (non-hydrogen) atoms. The third-order valence-electron chi connectivity index (χ3n) is 3.98. The highest BCUT2D eigenvalue weighted by molar-refractivity contribution is 5.95. The predicted octanol–water partition coefficient (Wildman–Crippen LogP) is 3.81. The number of benzene rings is 2. The molecule has 2 aromatic rings. The molecule has 3 rings (SSSR count). The van der Waals surface area contributed by atoms with Crippen molar-refractivity contribution in [3.05, 3.63) is 64.7 Å². The number of anilines is 1. The molecule has 0 saturated heterocycles. The van der Waals surface area contributed by atoms with Crippen LogP contribution in [0.15, 0.2) is 42.5 Å². The van der Waals surface area contributed by atoms with Gasteiger partial charge in [0.25, 0.3) is 5.91 Å². The van der Waals surface area contributed by atoms with E-state index in [1.165, 1.54) is 11.1 Å². The van der Waals surface area contributed by atoms with Gasteiger partial charge >= 0.3 is 0 Å². The fraction of sp³-hybridized carbons (Fsp3) is 0.316. The maximum Gasteiger partial charge on any atom is 0.251 e. The van der Waals surface area contributed by atoms with E-state index in [1.54, 1.807) is 0 Å². The van der Waals surface area contributed by atoms with Crippen LogP contribution < -0.4 is 10.6 Å². The summed E-state index contributed by atoms with van der Waals surface area (Å²) in [6.45, 7) is 4.91. The van der Waals surface area contributed by atoms with Gasteiger partial charge in [-0.15, -0.1) is 0 Å². The Morgan fingerprint density at radius 1 is 1.14 bits per heavy atom. The van der Waals surface area contributed by atoms with Gasteiger partial charge in [-0.3, -0.25) is 4.79 Å². The van der Waals surface area contributed by atoms with E-state index in [1.807, 2.05) is 18.2 Å². The Morgan fingerprint density at radius 2 is 1.95 bits per heavy atom. The normalized spacial score (nSPS) is 13.7. The van der Waals surface area contributed by atoms with Crippen molar-refractivity contribution >= 4 is 11.6 Å². The smallest absolute Gasteiger partial charge is 0.251 e. The second-order valence-electron chi connectivity index (χ2n) is 6.12. The first-order valence-corrected chi connectivity index (χ1v) is 7.83. The minimum atomic E-state index is 0.0288. The molecule has 0 unspecified atom stereocenters. The molecule has 0 spiro atoms. The molecule has 0 radical (unpaired) electrons. The summed E-state index contributed by atoms with van der Waals surface area (Å²) in [4.78, 5) is 12.1. The Morgan fingerprint density at radius 3 is 2.68 bits per heavy atom. The van der Waals surface area contributed by atoms with Gasteiger partial charge in [0.1, 0.15) is 0 Å². The van der Waals surface area contributed by atoms with Crippen molar-refractivity contribution in [2.75, 3.05) is 5.32 Å². The average molecular weight is 294 g/mol. The number of nitrogens with one attached hydrogen (secondary N) is 2. The predicted molar refractivity (Wildman–Crippen MR) is 90.2 cm³/mol. The lowest BCUT2D eigenvalue weighted by Gasteiger charge is -2.12. The fourth-order valence-electron chi connectivity index (χ4n) is 2.47. The quantitative estimate of drug-likeness (QED) is 0.880. The molecular weight excluding hydrogens is 272 g/mol. The molecule has 1 aliphatic carbocycles. The summed E-state index contributed by atoms with van der Waals surface area (Å²) >= 11 is 0. The number of aryl methyl sites for hydroxylation is 2. The second kappa shape index (κ2) is 6.22. The Labute approximate surface area is 131 Å². The van der Waals surface area contributed by atoms with Crippen molar-refractivity contribution < 1.29 is 4.79 Å². The standard InChI is InChI=1S/C19H22N2O/c1-13-4-3-5-15(10-13)12-20-18-11-16(7-6-14(18)2)19(22)21-17-8-9-17/h3-7,10-11,17,20H,8-9,12H2,1-2H3,(H,21,22). The lowest BCUT2D eigenvalue weighted by Crippen LogP contribution is -2.25. The number of hydrogen-bond donors (Lipinski definition) is 2. The van der Waals surface area contributed by atoms with E-state index in [0.717, 1.165) is 36.2 Å². The zero-order chi connectivity index (χ0) is 15.5. The van der Waals surface area contributed by atoms with Gasteiger partial charge in [0.05, 0.1) is 0 Å². The molecule has 3 nitrogen and oxygen atoms in total. The molecule has 0 heterocycles. The van der Waals surface area contributed by atoms with E-state index >= 15 is 0 Å².